The second-order valence-electron chi connectivity index (χ2n) is 4.37. The largest absolute Gasteiger partial charge is 0.477 e. The Morgan fingerprint density at radius 3 is 2.53 bits per heavy atom. The Labute approximate surface area is 116 Å². The number of aryl methyl sites for hydroxylation is 1. The molecule has 0 unspecified atom stereocenters. The van der Waals surface area contributed by atoms with Gasteiger partial charge in [-0.15, -0.1) is 11.3 Å². The summed E-state index contributed by atoms with van der Waals surface area (Å²) in [6, 6.07) is -0.0418. The van der Waals surface area contributed by atoms with Crippen LogP contribution in [0.5, 0.6) is 0 Å². The van der Waals surface area contributed by atoms with Crippen molar-refractivity contribution in [2.24, 2.45) is 0 Å². The lowest BCUT2D eigenvalue weighted by Crippen LogP contribution is -2.43. The summed E-state index contributed by atoms with van der Waals surface area (Å²) < 4.78 is 0. The number of carboxylic acids is 1. The highest BCUT2D eigenvalue weighted by atomic mass is 32.1. The fourth-order valence-corrected chi connectivity index (χ4v) is 2.57. The van der Waals surface area contributed by atoms with Gasteiger partial charge in [0.1, 0.15) is 9.88 Å². The highest BCUT2D eigenvalue weighted by molar-refractivity contribution is 7.13. The Balaban J connectivity index is 2.64. The van der Waals surface area contributed by atoms with Crippen molar-refractivity contribution in [3.63, 3.8) is 0 Å². The normalized spacial score (nSPS) is 10.6. The van der Waals surface area contributed by atoms with Gasteiger partial charge in [0, 0.05) is 12.6 Å². The molecule has 1 rings (SSSR count). The monoisotopic (exact) mass is 285 g/mol. The summed E-state index contributed by atoms with van der Waals surface area (Å²) in [5.74, 6) is -0.982. The molecule has 2 N–H and O–H groups in total. The maximum atomic E-state index is 11.9. The van der Waals surface area contributed by atoms with Gasteiger partial charge in [-0.05, 0) is 27.7 Å². The van der Waals surface area contributed by atoms with E-state index in [1.54, 1.807) is 11.8 Å². The second kappa shape index (κ2) is 6.51. The van der Waals surface area contributed by atoms with E-state index in [9.17, 15) is 9.59 Å². The summed E-state index contributed by atoms with van der Waals surface area (Å²) in [6.45, 7) is 8.33. The van der Waals surface area contributed by atoms with Gasteiger partial charge in [0.15, 0.2) is 0 Å². The van der Waals surface area contributed by atoms with Crippen molar-refractivity contribution in [2.75, 3.05) is 6.54 Å². The zero-order chi connectivity index (χ0) is 14.6. The van der Waals surface area contributed by atoms with Crippen molar-refractivity contribution in [2.45, 2.75) is 40.3 Å². The lowest BCUT2D eigenvalue weighted by Gasteiger charge is -2.25. The fourth-order valence-electron chi connectivity index (χ4n) is 1.72. The van der Waals surface area contributed by atoms with E-state index in [2.05, 4.69) is 10.3 Å². The molecule has 0 fully saturated rings. The zero-order valence-corrected chi connectivity index (χ0v) is 12.4. The Hall–Kier alpha value is -1.63. The molecule has 1 aromatic rings. The number of aromatic carboxylic acids is 1. The molecule has 0 saturated carbocycles. The Kier molecular flexibility index (Phi) is 5.29. The first-order valence-corrected chi connectivity index (χ1v) is 6.92. The van der Waals surface area contributed by atoms with E-state index in [4.69, 9.17) is 5.11 Å². The van der Waals surface area contributed by atoms with Crippen molar-refractivity contribution in [1.82, 2.24) is 15.2 Å². The van der Waals surface area contributed by atoms with Crippen LogP contribution < -0.4 is 5.32 Å². The SMILES string of the molecule is CCN(C(=O)NCc1nc(C)c(C(=O)O)s1)C(C)C. The first-order valence-electron chi connectivity index (χ1n) is 6.10. The first-order chi connectivity index (χ1) is 8.86. The van der Waals surface area contributed by atoms with Gasteiger partial charge >= 0.3 is 12.0 Å². The van der Waals surface area contributed by atoms with Gasteiger partial charge in [-0.1, -0.05) is 0 Å². The number of amides is 2. The number of nitrogens with zero attached hydrogens (tertiary/aromatic N) is 2. The number of rotatable bonds is 5. The molecule has 1 heterocycles. The van der Waals surface area contributed by atoms with Gasteiger partial charge < -0.3 is 15.3 Å². The van der Waals surface area contributed by atoms with E-state index in [0.717, 1.165) is 11.3 Å². The summed E-state index contributed by atoms with van der Waals surface area (Å²) >= 11 is 1.09. The number of nitrogens with one attached hydrogen (secondary N) is 1. The molecule has 19 heavy (non-hydrogen) atoms. The van der Waals surface area contributed by atoms with Crippen LogP contribution in [0.1, 0.15) is 41.1 Å². The molecule has 0 saturated heterocycles. The van der Waals surface area contributed by atoms with Crippen molar-refractivity contribution in [1.29, 1.82) is 0 Å². The van der Waals surface area contributed by atoms with Crippen LogP contribution in [0.4, 0.5) is 4.79 Å². The van der Waals surface area contributed by atoms with Crippen LogP contribution in [-0.4, -0.2) is 39.6 Å². The van der Waals surface area contributed by atoms with E-state index in [1.807, 2.05) is 20.8 Å². The smallest absolute Gasteiger partial charge is 0.347 e. The van der Waals surface area contributed by atoms with Crippen molar-refractivity contribution >= 4 is 23.3 Å². The number of carbonyl (C=O) groups excluding carboxylic acids is 1. The summed E-state index contributed by atoms with van der Waals surface area (Å²) in [5.41, 5.74) is 0.484. The predicted molar refractivity (Wildman–Crippen MR) is 73.6 cm³/mol. The molecule has 0 radical (unpaired) electrons. The quantitative estimate of drug-likeness (QED) is 0.867. The second-order valence-corrected chi connectivity index (χ2v) is 5.45. The minimum atomic E-state index is -0.982. The van der Waals surface area contributed by atoms with Crippen LogP contribution in [0, 0.1) is 6.92 Å². The minimum absolute atomic E-state index is 0.123. The van der Waals surface area contributed by atoms with Crippen LogP contribution in [0.15, 0.2) is 0 Å². The van der Waals surface area contributed by atoms with Crippen molar-refractivity contribution in [3.05, 3.63) is 15.6 Å². The van der Waals surface area contributed by atoms with Crippen LogP contribution >= 0.6 is 11.3 Å². The Bertz CT molecular complexity index is 471. The molecule has 1 aromatic heterocycles. The molecule has 0 aliphatic carbocycles. The number of hydrogen-bond donors (Lipinski definition) is 2. The number of aromatic nitrogens is 1. The summed E-state index contributed by atoms with van der Waals surface area (Å²) in [5, 5.41) is 12.3. The molecule has 0 aliphatic rings. The van der Waals surface area contributed by atoms with Gasteiger partial charge in [-0.2, -0.15) is 0 Å². The maximum Gasteiger partial charge on any atom is 0.347 e. The topological polar surface area (TPSA) is 82.5 Å². The number of carboxylic acid groups (broad SMARTS) is 1. The number of carbonyl (C=O) groups is 2. The van der Waals surface area contributed by atoms with Gasteiger partial charge in [0.2, 0.25) is 0 Å². The molecule has 0 aromatic carbocycles. The van der Waals surface area contributed by atoms with E-state index >= 15 is 0 Å². The molecule has 0 bridgehead atoms. The lowest BCUT2D eigenvalue weighted by atomic mass is 10.3. The third-order valence-corrected chi connectivity index (χ3v) is 3.80. The van der Waals surface area contributed by atoms with Crippen LogP contribution in [0.25, 0.3) is 0 Å². The van der Waals surface area contributed by atoms with Gasteiger partial charge in [0.05, 0.1) is 12.2 Å². The number of hydrogen-bond acceptors (Lipinski definition) is 4. The summed E-state index contributed by atoms with van der Waals surface area (Å²) in [7, 11) is 0. The maximum absolute atomic E-state index is 11.9. The zero-order valence-electron chi connectivity index (χ0n) is 11.6. The first kappa shape index (κ1) is 15.4. The lowest BCUT2D eigenvalue weighted by molar-refractivity contribution is 0.0701. The number of urea groups is 1. The standard InChI is InChI=1S/C12H19N3O3S/c1-5-15(7(2)3)12(18)13-6-9-14-8(4)10(19-9)11(16)17/h7H,5-6H2,1-4H3,(H,13,18)(H,16,17). The van der Waals surface area contributed by atoms with E-state index in [0.29, 0.717) is 17.2 Å². The van der Waals surface area contributed by atoms with E-state index < -0.39 is 5.97 Å². The third-order valence-electron chi connectivity index (χ3n) is 2.65. The molecular formula is C12H19N3O3S. The molecule has 2 amide bonds. The molecule has 6 nitrogen and oxygen atoms in total. The third kappa shape index (κ3) is 3.92. The molecular weight excluding hydrogens is 266 g/mol. The van der Waals surface area contributed by atoms with Gasteiger partial charge in [-0.25, -0.2) is 14.6 Å². The van der Waals surface area contributed by atoms with E-state index in [1.165, 1.54) is 0 Å². The fraction of sp³-hybridized carbons (Fsp3) is 0.583. The molecule has 0 atom stereocenters. The summed E-state index contributed by atoms with van der Waals surface area (Å²) in [6.07, 6.45) is 0. The minimum Gasteiger partial charge on any atom is -0.477 e. The number of thiazole rings is 1. The average molecular weight is 285 g/mol. The van der Waals surface area contributed by atoms with Crippen LogP contribution in [-0.2, 0) is 6.54 Å². The Morgan fingerprint density at radius 2 is 2.11 bits per heavy atom. The molecule has 106 valence electrons. The van der Waals surface area contributed by atoms with Crippen molar-refractivity contribution < 1.29 is 14.7 Å². The van der Waals surface area contributed by atoms with E-state index in [-0.39, 0.29) is 23.5 Å². The highest BCUT2D eigenvalue weighted by Gasteiger charge is 2.17. The Morgan fingerprint density at radius 1 is 1.47 bits per heavy atom. The molecule has 0 spiro atoms. The van der Waals surface area contributed by atoms with Crippen molar-refractivity contribution in [3.8, 4) is 0 Å². The van der Waals surface area contributed by atoms with Gasteiger partial charge in [0.25, 0.3) is 0 Å². The average Bonchev–Trinajstić information content (AvgIpc) is 2.68. The highest BCUT2D eigenvalue weighted by Crippen LogP contribution is 2.17. The summed E-state index contributed by atoms with van der Waals surface area (Å²) in [4.78, 5) is 28.8. The molecule has 7 heteroatoms. The molecule has 0 aliphatic heterocycles. The van der Waals surface area contributed by atoms with Crippen LogP contribution in [0.3, 0.4) is 0 Å². The van der Waals surface area contributed by atoms with Crippen LogP contribution in [0.2, 0.25) is 0 Å². The predicted octanol–water partition coefficient (Wildman–Crippen LogP) is 2.09. The van der Waals surface area contributed by atoms with Gasteiger partial charge in [-0.3, -0.25) is 0 Å².